The minimum atomic E-state index is -0.547. The van der Waals surface area contributed by atoms with Crippen LogP contribution in [0.5, 0.6) is 11.5 Å². The fourth-order valence-electron chi connectivity index (χ4n) is 4.39. The van der Waals surface area contributed by atoms with Gasteiger partial charge in [0, 0.05) is 29.9 Å². The Morgan fingerprint density at radius 2 is 1.54 bits per heavy atom. The van der Waals surface area contributed by atoms with Crippen LogP contribution in [0.25, 0.3) is 21.9 Å². The normalized spacial score (nSPS) is 11.9. The Labute approximate surface area is 211 Å². The topological polar surface area (TPSA) is 96.0 Å². The van der Waals surface area contributed by atoms with Crippen molar-refractivity contribution in [3.05, 3.63) is 117 Å². The van der Waals surface area contributed by atoms with Crippen molar-refractivity contribution in [1.29, 1.82) is 0 Å². The molecule has 7 nitrogen and oxygen atoms in total. The molecule has 0 bridgehead atoms. The SMILES string of the molecule is CC(=O)C[C@@H](c1ccccc1)c1c(OCCOc2ccc3ccc(=O)oc3c2)c2ccccc2oc1=O. The minimum absolute atomic E-state index is 0.0568. The zero-order valence-electron chi connectivity index (χ0n) is 20.1. The second-order valence-corrected chi connectivity index (χ2v) is 8.65. The van der Waals surface area contributed by atoms with E-state index >= 15 is 0 Å². The molecule has 1 atom stereocenters. The second-order valence-electron chi connectivity index (χ2n) is 8.65. The maximum absolute atomic E-state index is 13.2. The van der Waals surface area contributed by atoms with Gasteiger partial charge in [-0.3, -0.25) is 4.79 Å². The molecule has 0 N–H and O–H groups in total. The molecule has 0 amide bonds. The number of Topliss-reactive ketones (excluding diaryl/α,β-unsaturated/α-hetero) is 1. The summed E-state index contributed by atoms with van der Waals surface area (Å²) < 4.78 is 22.8. The van der Waals surface area contributed by atoms with E-state index in [1.165, 1.54) is 13.0 Å². The van der Waals surface area contributed by atoms with E-state index in [-0.39, 0.29) is 25.4 Å². The maximum Gasteiger partial charge on any atom is 0.343 e. The van der Waals surface area contributed by atoms with Gasteiger partial charge in [-0.15, -0.1) is 0 Å². The predicted molar refractivity (Wildman–Crippen MR) is 140 cm³/mol. The van der Waals surface area contributed by atoms with Crippen molar-refractivity contribution in [2.24, 2.45) is 0 Å². The lowest BCUT2D eigenvalue weighted by Crippen LogP contribution is -2.20. The van der Waals surface area contributed by atoms with Gasteiger partial charge in [-0.05, 0) is 42.8 Å². The van der Waals surface area contributed by atoms with Crippen molar-refractivity contribution in [1.82, 2.24) is 0 Å². The van der Waals surface area contributed by atoms with E-state index in [0.29, 0.717) is 33.6 Å². The number of benzene rings is 3. The molecule has 0 aliphatic heterocycles. The first-order valence-electron chi connectivity index (χ1n) is 11.9. The molecule has 0 saturated carbocycles. The Hall–Kier alpha value is -4.65. The quantitative estimate of drug-likeness (QED) is 0.197. The van der Waals surface area contributed by atoms with Crippen LogP contribution in [0, 0.1) is 0 Å². The second kappa shape index (κ2) is 10.5. The number of carbonyl (C=O) groups is 1. The van der Waals surface area contributed by atoms with Crippen molar-refractivity contribution in [3.63, 3.8) is 0 Å². The Bertz CT molecular complexity index is 1680. The van der Waals surface area contributed by atoms with Gasteiger partial charge in [-0.1, -0.05) is 42.5 Å². The zero-order chi connectivity index (χ0) is 25.8. The molecular weight excluding hydrogens is 472 g/mol. The fourth-order valence-corrected chi connectivity index (χ4v) is 4.39. The van der Waals surface area contributed by atoms with Crippen LogP contribution in [0.3, 0.4) is 0 Å². The van der Waals surface area contributed by atoms with Crippen LogP contribution in [0.1, 0.15) is 30.4 Å². The monoisotopic (exact) mass is 496 g/mol. The molecule has 0 radical (unpaired) electrons. The van der Waals surface area contributed by atoms with Crippen molar-refractivity contribution in [3.8, 4) is 11.5 Å². The molecule has 5 rings (SSSR count). The van der Waals surface area contributed by atoms with Gasteiger partial charge in [0.1, 0.15) is 41.7 Å². The van der Waals surface area contributed by atoms with Crippen molar-refractivity contribution in [2.45, 2.75) is 19.3 Å². The third-order valence-corrected chi connectivity index (χ3v) is 6.03. The van der Waals surface area contributed by atoms with E-state index in [1.807, 2.05) is 42.5 Å². The molecule has 3 aromatic carbocycles. The first-order valence-corrected chi connectivity index (χ1v) is 11.9. The predicted octanol–water partition coefficient (Wildman–Crippen LogP) is 5.47. The number of hydrogen-bond donors (Lipinski definition) is 0. The van der Waals surface area contributed by atoms with Crippen LogP contribution in [0.4, 0.5) is 0 Å². The van der Waals surface area contributed by atoms with Crippen molar-refractivity contribution >= 4 is 27.7 Å². The highest BCUT2D eigenvalue weighted by Crippen LogP contribution is 2.37. The molecule has 186 valence electrons. The Morgan fingerprint density at radius 1 is 0.811 bits per heavy atom. The number of fused-ring (bicyclic) bond motifs is 2. The Morgan fingerprint density at radius 3 is 2.35 bits per heavy atom. The van der Waals surface area contributed by atoms with E-state index in [1.54, 1.807) is 36.4 Å². The number of carbonyl (C=O) groups excluding carboxylic acids is 1. The zero-order valence-corrected chi connectivity index (χ0v) is 20.1. The summed E-state index contributed by atoms with van der Waals surface area (Å²) in [6.45, 7) is 1.79. The van der Waals surface area contributed by atoms with Gasteiger partial charge in [0.25, 0.3) is 0 Å². The lowest BCUT2D eigenvalue weighted by Gasteiger charge is -2.20. The van der Waals surface area contributed by atoms with Gasteiger partial charge in [-0.2, -0.15) is 0 Å². The minimum Gasteiger partial charge on any atom is -0.490 e. The molecule has 37 heavy (non-hydrogen) atoms. The lowest BCUT2D eigenvalue weighted by molar-refractivity contribution is -0.117. The number of rotatable bonds is 9. The van der Waals surface area contributed by atoms with Crippen LogP contribution in [-0.4, -0.2) is 19.0 Å². The average Bonchev–Trinajstić information content (AvgIpc) is 2.90. The summed E-state index contributed by atoms with van der Waals surface area (Å²) in [5, 5.41) is 1.42. The van der Waals surface area contributed by atoms with Gasteiger partial charge in [0.05, 0.1) is 10.9 Å². The Kier molecular flexibility index (Phi) is 6.85. The number of ether oxygens (including phenoxy) is 2. The summed E-state index contributed by atoms with van der Waals surface area (Å²) in [5.41, 5.74) is 0.955. The molecule has 0 spiro atoms. The number of para-hydroxylation sites is 1. The molecule has 0 aliphatic rings. The highest BCUT2D eigenvalue weighted by molar-refractivity contribution is 5.85. The van der Waals surface area contributed by atoms with E-state index in [4.69, 9.17) is 18.3 Å². The molecule has 0 unspecified atom stereocenters. The van der Waals surface area contributed by atoms with Crippen molar-refractivity contribution < 1.29 is 23.1 Å². The third-order valence-electron chi connectivity index (χ3n) is 6.03. The largest absolute Gasteiger partial charge is 0.490 e. The molecule has 7 heteroatoms. The maximum atomic E-state index is 13.2. The smallest absolute Gasteiger partial charge is 0.343 e. The van der Waals surface area contributed by atoms with Gasteiger partial charge in [0.2, 0.25) is 0 Å². The van der Waals surface area contributed by atoms with Gasteiger partial charge in [-0.25, -0.2) is 9.59 Å². The summed E-state index contributed by atoms with van der Waals surface area (Å²) in [6.07, 6.45) is 0.127. The molecule has 2 aromatic heterocycles. The van der Waals surface area contributed by atoms with Crippen LogP contribution < -0.4 is 20.7 Å². The van der Waals surface area contributed by atoms with Gasteiger partial charge >= 0.3 is 11.3 Å². The number of hydrogen-bond acceptors (Lipinski definition) is 7. The summed E-state index contributed by atoms with van der Waals surface area (Å²) in [5.74, 6) is 0.300. The summed E-state index contributed by atoms with van der Waals surface area (Å²) in [7, 11) is 0. The highest BCUT2D eigenvalue weighted by atomic mass is 16.5. The van der Waals surface area contributed by atoms with E-state index in [2.05, 4.69) is 0 Å². The summed E-state index contributed by atoms with van der Waals surface area (Å²) in [4.78, 5) is 37.0. The van der Waals surface area contributed by atoms with Crippen LogP contribution >= 0.6 is 0 Å². The van der Waals surface area contributed by atoms with Crippen LogP contribution in [0.15, 0.2) is 103 Å². The fraction of sp³-hybridized carbons (Fsp3) is 0.167. The molecule has 0 fully saturated rings. The molecular formula is C30H24O7. The first kappa shape index (κ1) is 24.1. The standard InChI is InChI=1S/C30H24O7/c1-19(31)17-24(20-7-3-2-4-8-20)28-29(23-9-5-6-10-25(23)37-30(28)33)35-16-15-34-22-13-11-21-12-14-27(32)36-26(21)18-22/h2-14,18,24H,15-17H2,1H3/t24-/m0/s1. The lowest BCUT2D eigenvalue weighted by atomic mass is 9.87. The Balaban J connectivity index is 1.45. The van der Waals surface area contributed by atoms with Crippen LogP contribution in [0.2, 0.25) is 0 Å². The molecule has 0 saturated heterocycles. The van der Waals surface area contributed by atoms with Crippen molar-refractivity contribution in [2.75, 3.05) is 13.2 Å². The highest BCUT2D eigenvalue weighted by Gasteiger charge is 2.27. The molecule has 2 heterocycles. The van der Waals surface area contributed by atoms with Gasteiger partial charge < -0.3 is 18.3 Å². The van der Waals surface area contributed by atoms with E-state index in [9.17, 15) is 14.4 Å². The van der Waals surface area contributed by atoms with Crippen LogP contribution in [-0.2, 0) is 4.79 Å². The average molecular weight is 497 g/mol. The summed E-state index contributed by atoms with van der Waals surface area (Å²) in [6, 6.07) is 24.8. The molecule has 0 aliphatic carbocycles. The first-order chi connectivity index (χ1) is 18.0. The van der Waals surface area contributed by atoms with Gasteiger partial charge in [0.15, 0.2) is 0 Å². The number of ketones is 1. The third kappa shape index (κ3) is 5.30. The van der Waals surface area contributed by atoms with E-state index in [0.717, 1.165) is 10.9 Å². The molecule has 5 aromatic rings. The summed E-state index contributed by atoms with van der Waals surface area (Å²) >= 11 is 0. The van der Waals surface area contributed by atoms with E-state index < -0.39 is 17.2 Å².